The Kier molecular flexibility index (Phi) is 6.66. The Hall–Kier alpha value is -2.42. The van der Waals surface area contributed by atoms with Crippen molar-refractivity contribution in [3.63, 3.8) is 0 Å². The molecule has 0 unspecified atom stereocenters. The van der Waals surface area contributed by atoms with E-state index in [-0.39, 0.29) is 11.7 Å². The van der Waals surface area contributed by atoms with Crippen LogP contribution in [0.1, 0.15) is 26.2 Å². The van der Waals surface area contributed by atoms with Crippen LogP contribution in [0.5, 0.6) is 17.2 Å². The van der Waals surface area contributed by atoms with E-state index in [1.807, 2.05) is 4.90 Å². The van der Waals surface area contributed by atoms with Gasteiger partial charge in [-0.25, -0.2) is 0 Å². The number of benzene rings is 1. The molecule has 2 aromatic rings. The molecule has 0 saturated carbocycles. The highest BCUT2D eigenvalue weighted by Crippen LogP contribution is 2.41. The summed E-state index contributed by atoms with van der Waals surface area (Å²) in [6, 6.07) is 3.77. The molecular formula is C19H25N3O5S. The number of rotatable bonds is 7. The van der Waals surface area contributed by atoms with Gasteiger partial charge in [0.05, 0.1) is 27.1 Å². The van der Waals surface area contributed by atoms with E-state index in [9.17, 15) is 4.79 Å². The fourth-order valence-corrected chi connectivity index (χ4v) is 3.91. The molecule has 1 atom stereocenters. The standard InChI is InChI=1S/C19H25N3O5S/c1-12-7-5-6-8-22(12)16(23)11-28-19-21-20-18(27-19)13-9-14(24-2)17(26-4)15(10-13)25-3/h9-10,12H,5-8,11H2,1-4H3/t12-/m0/s1. The van der Waals surface area contributed by atoms with E-state index in [0.717, 1.165) is 19.4 Å². The van der Waals surface area contributed by atoms with Crippen molar-refractivity contribution in [3.8, 4) is 28.7 Å². The van der Waals surface area contributed by atoms with E-state index < -0.39 is 0 Å². The van der Waals surface area contributed by atoms with Gasteiger partial charge in [-0.1, -0.05) is 11.8 Å². The molecule has 1 amide bonds. The van der Waals surface area contributed by atoms with Crippen molar-refractivity contribution in [1.29, 1.82) is 0 Å². The van der Waals surface area contributed by atoms with Crippen LogP contribution in [0.4, 0.5) is 0 Å². The van der Waals surface area contributed by atoms with Gasteiger partial charge >= 0.3 is 0 Å². The summed E-state index contributed by atoms with van der Waals surface area (Å²) in [5.74, 6) is 2.19. The van der Waals surface area contributed by atoms with Gasteiger partial charge in [0.1, 0.15) is 0 Å². The van der Waals surface area contributed by atoms with Gasteiger partial charge in [-0.2, -0.15) is 0 Å². The zero-order valence-electron chi connectivity index (χ0n) is 16.6. The zero-order chi connectivity index (χ0) is 20.1. The summed E-state index contributed by atoms with van der Waals surface area (Å²) in [6.07, 6.45) is 3.30. The number of nitrogens with zero attached hydrogens (tertiary/aromatic N) is 3. The molecule has 152 valence electrons. The number of carbonyl (C=O) groups is 1. The molecule has 8 nitrogen and oxygen atoms in total. The molecule has 3 rings (SSSR count). The number of ether oxygens (including phenoxy) is 3. The van der Waals surface area contributed by atoms with Gasteiger partial charge in [0.15, 0.2) is 11.5 Å². The summed E-state index contributed by atoms with van der Waals surface area (Å²) < 4.78 is 21.8. The van der Waals surface area contributed by atoms with Crippen LogP contribution in [0.2, 0.25) is 0 Å². The summed E-state index contributed by atoms with van der Waals surface area (Å²) in [6.45, 7) is 2.91. The average molecular weight is 407 g/mol. The third-order valence-corrected chi connectivity index (χ3v) is 5.56. The first kappa shape index (κ1) is 20.3. The maximum Gasteiger partial charge on any atom is 0.277 e. The summed E-state index contributed by atoms with van der Waals surface area (Å²) >= 11 is 1.25. The van der Waals surface area contributed by atoms with Crippen molar-refractivity contribution in [3.05, 3.63) is 12.1 Å². The number of likely N-dealkylation sites (tertiary alicyclic amines) is 1. The lowest BCUT2D eigenvalue weighted by Gasteiger charge is -2.33. The van der Waals surface area contributed by atoms with E-state index in [4.69, 9.17) is 18.6 Å². The lowest BCUT2D eigenvalue weighted by Crippen LogP contribution is -2.42. The first-order valence-electron chi connectivity index (χ1n) is 9.13. The molecule has 0 aliphatic carbocycles. The van der Waals surface area contributed by atoms with E-state index >= 15 is 0 Å². The fraction of sp³-hybridized carbons (Fsp3) is 0.526. The molecule has 1 aromatic heterocycles. The highest BCUT2D eigenvalue weighted by Gasteiger charge is 2.24. The lowest BCUT2D eigenvalue weighted by atomic mass is 10.0. The Morgan fingerprint density at radius 2 is 1.89 bits per heavy atom. The largest absolute Gasteiger partial charge is 0.493 e. The molecule has 9 heteroatoms. The highest BCUT2D eigenvalue weighted by atomic mass is 32.2. The molecule has 0 bridgehead atoms. The van der Waals surface area contributed by atoms with Gasteiger partial charge < -0.3 is 23.5 Å². The van der Waals surface area contributed by atoms with Gasteiger partial charge in [-0.05, 0) is 38.3 Å². The summed E-state index contributed by atoms with van der Waals surface area (Å²) in [5.41, 5.74) is 0.643. The van der Waals surface area contributed by atoms with Crippen LogP contribution >= 0.6 is 11.8 Å². The topological polar surface area (TPSA) is 86.9 Å². The van der Waals surface area contributed by atoms with Gasteiger partial charge in [-0.3, -0.25) is 4.79 Å². The maximum absolute atomic E-state index is 12.5. The van der Waals surface area contributed by atoms with Crippen molar-refractivity contribution in [2.75, 3.05) is 33.6 Å². The molecule has 0 N–H and O–H groups in total. The highest BCUT2D eigenvalue weighted by molar-refractivity contribution is 7.99. The molecular weight excluding hydrogens is 382 g/mol. The van der Waals surface area contributed by atoms with Crippen molar-refractivity contribution in [2.24, 2.45) is 0 Å². The van der Waals surface area contributed by atoms with Crippen LogP contribution in [-0.4, -0.2) is 60.7 Å². The summed E-state index contributed by atoms with van der Waals surface area (Å²) in [5, 5.41) is 8.48. The maximum atomic E-state index is 12.5. The summed E-state index contributed by atoms with van der Waals surface area (Å²) in [4.78, 5) is 14.4. The molecule has 28 heavy (non-hydrogen) atoms. The number of hydrogen-bond donors (Lipinski definition) is 0. The monoisotopic (exact) mass is 407 g/mol. The number of methoxy groups -OCH3 is 3. The third-order valence-electron chi connectivity index (χ3n) is 4.76. The van der Waals surface area contributed by atoms with Crippen LogP contribution in [0.3, 0.4) is 0 Å². The minimum absolute atomic E-state index is 0.102. The molecule has 1 saturated heterocycles. The smallest absolute Gasteiger partial charge is 0.277 e. The van der Waals surface area contributed by atoms with Gasteiger partial charge in [-0.15, -0.1) is 10.2 Å². The minimum atomic E-state index is 0.102. The number of thioether (sulfide) groups is 1. The zero-order valence-corrected chi connectivity index (χ0v) is 17.4. The fourth-order valence-electron chi connectivity index (χ4n) is 3.26. The van der Waals surface area contributed by atoms with E-state index in [0.29, 0.717) is 40.0 Å². The molecule has 0 spiro atoms. The molecule has 1 aliphatic heterocycles. The normalized spacial score (nSPS) is 16.7. The number of carbonyl (C=O) groups excluding carboxylic acids is 1. The van der Waals surface area contributed by atoms with Crippen LogP contribution in [0.15, 0.2) is 21.8 Å². The molecule has 1 aromatic carbocycles. The van der Waals surface area contributed by atoms with Crippen molar-refractivity contribution in [1.82, 2.24) is 15.1 Å². The van der Waals surface area contributed by atoms with Gasteiger partial charge in [0, 0.05) is 18.2 Å². The second-order valence-corrected chi connectivity index (χ2v) is 7.43. The lowest BCUT2D eigenvalue weighted by molar-refractivity contribution is -0.131. The van der Waals surface area contributed by atoms with Crippen LogP contribution < -0.4 is 14.2 Å². The van der Waals surface area contributed by atoms with E-state index in [2.05, 4.69) is 17.1 Å². The first-order valence-corrected chi connectivity index (χ1v) is 10.1. The Morgan fingerprint density at radius 3 is 2.50 bits per heavy atom. The Morgan fingerprint density at radius 1 is 1.18 bits per heavy atom. The minimum Gasteiger partial charge on any atom is -0.493 e. The first-order chi connectivity index (χ1) is 13.6. The molecule has 1 fully saturated rings. The van der Waals surface area contributed by atoms with Crippen LogP contribution in [-0.2, 0) is 4.79 Å². The number of piperidine rings is 1. The van der Waals surface area contributed by atoms with Crippen molar-refractivity contribution >= 4 is 17.7 Å². The SMILES string of the molecule is COc1cc(-c2nnc(SCC(=O)N3CCCC[C@@H]3C)o2)cc(OC)c1OC. The Bertz CT molecular complexity index is 801. The molecule has 2 heterocycles. The molecule has 1 aliphatic rings. The average Bonchev–Trinajstić information content (AvgIpc) is 3.20. The second kappa shape index (κ2) is 9.18. The van der Waals surface area contributed by atoms with Crippen molar-refractivity contribution in [2.45, 2.75) is 37.5 Å². The predicted molar refractivity (Wildman–Crippen MR) is 105 cm³/mol. The Labute approximate surface area is 168 Å². The molecule has 0 radical (unpaired) electrons. The number of aromatic nitrogens is 2. The van der Waals surface area contributed by atoms with Crippen LogP contribution in [0, 0.1) is 0 Å². The third kappa shape index (κ3) is 4.35. The van der Waals surface area contributed by atoms with Crippen LogP contribution in [0.25, 0.3) is 11.5 Å². The number of amides is 1. The van der Waals surface area contributed by atoms with Crippen molar-refractivity contribution < 1.29 is 23.4 Å². The Balaban J connectivity index is 1.71. The van der Waals surface area contributed by atoms with Gasteiger partial charge in [0.2, 0.25) is 17.5 Å². The van der Waals surface area contributed by atoms with E-state index in [1.165, 1.54) is 18.2 Å². The van der Waals surface area contributed by atoms with E-state index in [1.54, 1.807) is 33.5 Å². The summed E-state index contributed by atoms with van der Waals surface area (Å²) in [7, 11) is 4.63. The second-order valence-electron chi connectivity index (χ2n) is 6.51. The van der Waals surface area contributed by atoms with Gasteiger partial charge in [0.25, 0.3) is 5.22 Å². The number of hydrogen-bond acceptors (Lipinski definition) is 8. The quantitative estimate of drug-likeness (QED) is 0.647. The predicted octanol–water partition coefficient (Wildman–Crippen LogP) is 3.26.